The molecule has 17 heavy (non-hydrogen) atoms. The number of rotatable bonds is 3. The van der Waals surface area contributed by atoms with E-state index >= 15 is 0 Å². The van der Waals surface area contributed by atoms with E-state index in [9.17, 15) is 9.50 Å². The quantitative estimate of drug-likeness (QED) is 0.873. The van der Waals surface area contributed by atoms with Crippen LogP contribution in [0.1, 0.15) is 37.4 Å². The molecule has 2 rings (SSSR count). The molecule has 0 saturated carbocycles. The average Bonchev–Trinajstić information content (AvgIpc) is 2.57. The van der Waals surface area contributed by atoms with Crippen molar-refractivity contribution in [3.8, 4) is 0 Å². The minimum absolute atomic E-state index is 0.280. The number of benzene rings is 1. The molecule has 2 nitrogen and oxygen atoms in total. The van der Waals surface area contributed by atoms with Gasteiger partial charge in [0.1, 0.15) is 5.82 Å². The molecule has 1 N–H and O–H groups in total. The molecule has 3 heteroatoms. The predicted octanol–water partition coefficient (Wildman–Crippen LogP) is 2.74. The molecular formula is C14H20FNO. The van der Waals surface area contributed by atoms with Crippen LogP contribution < -0.4 is 0 Å². The maximum absolute atomic E-state index is 13.0. The van der Waals surface area contributed by atoms with Gasteiger partial charge in [-0.1, -0.05) is 25.0 Å². The van der Waals surface area contributed by atoms with Gasteiger partial charge in [-0.05, 0) is 43.6 Å². The molecule has 94 valence electrons. The Morgan fingerprint density at radius 2 is 1.88 bits per heavy atom. The topological polar surface area (TPSA) is 23.5 Å². The van der Waals surface area contributed by atoms with Gasteiger partial charge in [0.15, 0.2) is 0 Å². The molecule has 0 bridgehead atoms. The third kappa shape index (κ3) is 3.79. The summed E-state index contributed by atoms with van der Waals surface area (Å²) in [5.74, 6) is -0.280. The SMILES string of the molecule is OC(CN1CCCCCC1)c1cccc(F)c1. The maximum atomic E-state index is 13.0. The number of aliphatic hydroxyl groups is 1. The Labute approximate surface area is 102 Å². The first-order chi connectivity index (χ1) is 8.25. The van der Waals surface area contributed by atoms with Gasteiger partial charge in [0.25, 0.3) is 0 Å². The first-order valence-corrected chi connectivity index (χ1v) is 6.41. The van der Waals surface area contributed by atoms with Gasteiger partial charge >= 0.3 is 0 Å². The van der Waals surface area contributed by atoms with E-state index in [1.807, 2.05) is 0 Å². The van der Waals surface area contributed by atoms with E-state index in [1.54, 1.807) is 12.1 Å². The van der Waals surface area contributed by atoms with Gasteiger partial charge in [0.2, 0.25) is 0 Å². The van der Waals surface area contributed by atoms with Crippen molar-refractivity contribution in [1.82, 2.24) is 4.90 Å². The van der Waals surface area contributed by atoms with E-state index < -0.39 is 6.10 Å². The average molecular weight is 237 g/mol. The summed E-state index contributed by atoms with van der Waals surface area (Å²) < 4.78 is 13.0. The van der Waals surface area contributed by atoms with Crippen LogP contribution in [0.2, 0.25) is 0 Å². The molecule has 1 fully saturated rings. The first-order valence-electron chi connectivity index (χ1n) is 6.41. The molecule has 0 aromatic heterocycles. The lowest BCUT2D eigenvalue weighted by Crippen LogP contribution is -2.29. The van der Waals surface area contributed by atoms with Crippen LogP contribution in [-0.4, -0.2) is 29.6 Å². The van der Waals surface area contributed by atoms with Crippen LogP contribution in [0.5, 0.6) is 0 Å². The van der Waals surface area contributed by atoms with E-state index in [2.05, 4.69) is 4.90 Å². The van der Waals surface area contributed by atoms with Gasteiger partial charge in [-0.25, -0.2) is 4.39 Å². The Morgan fingerprint density at radius 1 is 1.18 bits per heavy atom. The minimum atomic E-state index is -0.580. The molecule has 0 spiro atoms. The Bertz CT molecular complexity index is 348. The van der Waals surface area contributed by atoms with Crippen LogP contribution in [0.15, 0.2) is 24.3 Å². The highest BCUT2D eigenvalue weighted by atomic mass is 19.1. The molecule has 1 heterocycles. The van der Waals surface area contributed by atoms with E-state index in [0.717, 1.165) is 13.1 Å². The van der Waals surface area contributed by atoms with E-state index in [-0.39, 0.29) is 5.82 Å². The number of hydrogen-bond donors (Lipinski definition) is 1. The van der Waals surface area contributed by atoms with Crippen LogP contribution in [-0.2, 0) is 0 Å². The normalized spacial score (nSPS) is 19.9. The van der Waals surface area contributed by atoms with Crippen molar-refractivity contribution in [3.63, 3.8) is 0 Å². The van der Waals surface area contributed by atoms with Crippen molar-refractivity contribution in [2.75, 3.05) is 19.6 Å². The summed E-state index contributed by atoms with van der Waals surface area (Å²) in [6.45, 7) is 2.71. The van der Waals surface area contributed by atoms with Gasteiger partial charge < -0.3 is 10.0 Å². The second kappa shape index (κ2) is 6.12. The smallest absolute Gasteiger partial charge is 0.123 e. The molecule has 1 atom stereocenters. The zero-order valence-corrected chi connectivity index (χ0v) is 10.1. The summed E-state index contributed by atoms with van der Waals surface area (Å²) in [7, 11) is 0. The van der Waals surface area contributed by atoms with Crippen molar-refractivity contribution >= 4 is 0 Å². The molecule has 0 amide bonds. The lowest BCUT2D eigenvalue weighted by Gasteiger charge is -2.23. The highest BCUT2D eigenvalue weighted by Crippen LogP contribution is 2.17. The molecular weight excluding hydrogens is 217 g/mol. The Balaban J connectivity index is 1.93. The highest BCUT2D eigenvalue weighted by Gasteiger charge is 2.15. The highest BCUT2D eigenvalue weighted by molar-refractivity contribution is 5.19. The summed E-state index contributed by atoms with van der Waals surface area (Å²) in [5.41, 5.74) is 0.675. The minimum Gasteiger partial charge on any atom is -0.387 e. The fourth-order valence-electron chi connectivity index (χ4n) is 2.38. The Kier molecular flexibility index (Phi) is 4.51. The summed E-state index contributed by atoms with van der Waals surface area (Å²) in [5, 5.41) is 10.1. The first kappa shape index (κ1) is 12.5. The van der Waals surface area contributed by atoms with Crippen LogP contribution in [0.4, 0.5) is 4.39 Å². The fourth-order valence-corrected chi connectivity index (χ4v) is 2.38. The summed E-state index contributed by atoms with van der Waals surface area (Å²) >= 11 is 0. The lowest BCUT2D eigenvalue weighted by atomic mass is 10.1. The second-order valence-electron chi connectivity index (χ2n) is 4.79. The summed E-state index contributed by atoms with van der Waals surface area (Å²) in [6.07, 6.45) is 4.40. The van der Waals surface area contributed by atoms with Crippen LogP contribution >= 0.6 is 0 Å². The van der Waals surface area contributed by atoms with E-state index in [1.165, 1.54) is 37.8 Å². The van der Waals surface area contributed by atoms with Crippen LogP contribution in [0.25, 0.3) is 0 Å². The van der Waals surface area contributed by atoms with Crippen LogP contribution in [0, 0.1) is 5.82 Å². The van der Waals surface area contributed by atoms with Gasteiger partial charge in [-0.2, -0.15) is 0 Å². The number of aliphatic hydroxyl groups excluding tert-OH is 1. The molecule has 0 aliphatic carbocycles. The second-order valence-corrected chi connectivity index (χ2v) is 4.79. The molecule has 1 aromatic carbocycles. The lowest BCUT2D eigenvalue weighted by molar-refractivity contribution is 0.115. The fraction of sp³-hybridized carbons (Fsp3) is 0.571. The van der Waals surface area contributed by atoms with Crippen molar-refractivity contribution in [1.29, 1.82) is 0 Å². The Hall–Kier alpha value is -0.930. The molecule has 1 aliphatic rings. The zero-order chi connectivity index (χ0) is 12.1. The molecule has 0 radical (unpaired) electrons. The summed E-state index contributed by atoms with van der Waals surface area (Å²) in [6, 6.07) is 6.26. The molecule has 1 aliphatic heterocycles. The number of β-amino-alcohol motifs (C(OH)–C–C–N with tert-alkyl or cyclic N) is 1. The zero-order valence-electron chi connectivity index (χ0n) is 10.1. The third-order valence-corrected chi connectivity index (χ3v) is 3.36. The van der Waals surface area contributed by atoms with E-state index in [0.29, 0.717) is 12.1 Å². The molecule has 1 unspecified atom stereocenters. The van der Waals surface area contributed by atoms with Crippen molar-refractivity contribution in [2.24, 2.45) is 0 Å². The predicted molar refractivity (Wildman–Crippen MR) is 66.3 cm³/mol. The monoisotopic (exact) mass is 237 g/mol. The van der Waals surface area contributed by atoms with Gasteiger partial charge in [-0.3, -0.25) is 0 Å². The van der Waals surface area contributed by atoms with Gasteiger partial charge in [-0.15, -0.1) is 0 Å². The van der Waals surface area contributed by atoms with Crippen molar-refractivity contribution in [2.45, 2.75) is 31.8 Å². The van der Waals surface area contributed by atoms with Crippen LogP contribution in [0.3, 0.4) is 0 Å². The van der Waals surface area contributed by atoms with Crippen molar-refractivity contribution < 1.29 is 9.50 Å². The van der Waals surface area contributed by atoms with Gasteiger partial charge in [0, 0.05) is 6.54 Å². The summed E-state index contributed by atoms with van der Waals surface area (Å²) in [4.78, 5) is 2.28. The number of hydrogen-bond acceptors (Lipinski definition) is 2. The Morgan fingerprint density at radius 3 is 2.53 bits per heavy atom. The van der Waals surface area contributed by atoms with E-state index in [4.69, 9.17) is 0 Å². The number of halogens is 1. The standard InChI is InChI=1S/C14H20FNO/c15-13-7-5-6-12(10-13)14(17)11-16-8-3-1-2-4-9-16/h5-7,10,14,17H,1-4,8-9,11H2. The largest absolute Gasteiger partial charge is 0.387 e. The number of nitrogens with zero attached hydrogens (tertiary/aromatic N) is 1. The molecule has 1 saturated heterocycles. The number of likely N-dealkylation sites (tertiary alicyclic amines) is 1. The third-order valence-electron chi connectivity index (χ3n) is 3.36. The molecule has 1 aromatic rings. The van der Waals surface area contributed by atoms with Gasteiger partial charge in [0.05, 0.1) is 6.10 Å². The van der Waals surface area contributed by atoms with Crippen molar-refractivity contribution in [3.05, 3.63) is 35.6 Å². The maximum Gasteiger partial charge on any atom is 0.123 e.